The topological polar surface area (TPSA) is 49.5 Å². The van der Waals surface area contributed by atoms with Gasteiger partial charge in [0.2, 0.25) is 0 Å². The zero-order chi connectivity index (χ0) is 11.4. The fourth-order valence-electron chi connectivity index (χ4n) is 2.05. The third-order valence-corrected chi connectivity index (χ3v) is 3.06. The number of hydrogen-bond acceptors (Lipinski definition) is 3. The number of nitrogens with zero attached hydrogens (tertiary/aromatic N) is 1. The van der Waals surface area contributed by atoms with Crippen molar-refractivity contribution in [1.29, 1.82) is 0 Å². The summed E-state index contributed by atoms with van der Waals surface area (Å²) in [6.07, 6.45) is 2.55. The smallest absolute Gasteiger partial charge is 0.0558 e. The summed E-state index contributed by atoms with van der Waals surface area (Å²) in [6.45, 7) is 2.54. The number of nitrogens with two attached hydrogens (primary N) is 1. The summed E-state index contributed by atoms with van der Waals surface area (Å²) in [4.78, 5) is 2.36. The van der Waals surface area contributed by atoms with Gasteiger partial charge < -0.3 is 10.8 Å². The second kappa shape index (κ2) is 5.43. The summed E-state index contributed by atoms with van der Waals surface area (Å²) in [5.41, 5.74) is 8.10. The predicted octanol–water partition coefficient (Wildman–Crippen LogP) is 1.10. The number of rotatable bonds is 6. The molecule has 16 heavy (non-hydrogen) atoms. The monoisotopic (exact) mass is 220 g/mol. The molecule has 0 amide bonds. The number of aliphatic hydroxyl groups excluding tert-OH is 1. The van der Waals surface area contributed by atoms with Crippen LogP contribution in [0.4, 0.5) is 0 Å². The number of aliphatic hydroxyl groups is 1. The minimum Gasteiger partial charge on any atom is -0.395 e. The standard InChI is InChI=1S/C13H20N2O/c14-9-11-2-1-3-12(8-11)10-15(6-7-16)13-4-5-13/h1-3,8,13,16H,4-7,9-10,14H2. The van der Waals surface area contributed by atoms with Gasteiger partial charge in [0.25, 0.3) is 0 Å². The Morgan fingerprint density at radius 3 is 2.69 bits per heavy atom. The second-order valence-corrected chi connectivity index (χ2v) is 4.45. The van der Waals surface area contributed by atoms with Gasteiger partial charge in [0, 0.05) is 25.7 Å². The quantitative estimate of drug-likeness (QED) is 0.755. The highest BCUT2D eigenvalue weighted by Crippen LogP contribution is 2.27. The van der Waals surface area contributed by atoms with Crippen molar-refractivity contribution in [3.05, 3.63) is 35.4 Å². The minimum absolute atomic E-state index is 0.243. The predicted molar refractivity (Wildman–Crippen MR) is 64.9 cm³/mol. The van der Waals surface area contributed by atoms with Gasteiger partial charge in [0.15, 0.2) is 0 Å². The zero-order valence-electron chi connectivity index (χ0n) is 9.60. The highest BCUT2D eigenvalue weighted by Gasteiger charge is 2.28. The summed E-state index contributed by atoms with van der Waals surface area (Å²) in [5, 5.41) is 9.03. The van der Waals surface area contributed by atoms with Gasteiger partial charge >= 0.3 is 0 Å². The van der Waals surface area contributed by atoms with Crippen LogP contribution in [0.25, 0.3) is 0 Å². The van der Waals surface area contributed by atoms with Crippen molar-refractivity contribution in [3.63, 3.8) is 0 Å². The molecule has 1 aromatic carbocycles. The molecule has 1 fully saturated rings. The third-order valence-electron chi connectivity index (χ3n) is 3.06. The van der Waals surface area contributed by atoms with Gasteiger partial charge in [-0.15, -0.1) is 0 Å². The summed E-state index contributed by atoms with van der Waals surface area (Å²) >= 11 is 0. The van der Waals surface area contributed by atoms with Crippen molar-refractivity contribution < 1.29 is 5.11 Å². The van der Waals surface area contributed by atoms with Crippen molar-refractivity contribution in [2.45, 2.75) is 32.0 Å². The summed E-state index contributed by atoms with van der Waals surface area (Å²) in [7, 11) is 0. The molecule has 88 valence electrons. The normalized spacial score (nSPS) is 15.7. The first-order valence-corrected chi connectivity index (χ1v) is 5.96. The van der Waals surface area contributed by atoms with E-state index in [4.69, 9.17) is 10.8 Å². The average molecular weight is 220 g/mol. The highest BCUT2D eigenvalue weighted by atomic mass is 16.3. The van der Waals surface area contributed by atoms with Crippen LogP contribution in [0.15, 0.2) is 24.3 Å². The van der Waals surface area contributed by atoms with E-state index in [0.29, 0.717) is 12.6 Å². The van der Waals surface area contributed by atoms with Gasteiger partial charge in [-0.05, 0) is 24.0 Å². The molecule has 0 aliphatic heterocycles. The van der Waals surface area contributed by atoms with Crippen LogP contribution >= 0.6 is 0 Å². The first-order chi connectivity index (χ1) is 7.83. The van der Waals surface area contributed by atoms with Gasteiger partial charge in [0.1, 0.15) is 0 Å². The molecule has 3 heteroatoms. The first kappa shape index (κ1) is 11.6. The molecule has 1 aliphatic rings. The summed E-state index contributed by atoms with van der Waals surface area (Å²) < 4.78 is 0. The molecule has 0 aromatic heterocycles. The molecule has 3 N–H and O–H groups in total. The van der Waals surface area contributed by atoms with Crippen LogP contribution in [0, 0.1) is 0 Å². The van der Waals surface area contributed by atoms with E-state index < -0.39 is 0 Å². The van der Waals surface area contributed by atoms with Gasteiger partial charge in [-0.3, -0.25) is 4.90 Å². The molecule has 0 saturated heterocycles. The average Bonchev–Trinajstić information content (AvgIpc) is 3.13. The molecule has 0 spiro atoms. The first-order valence-electron chi connectivity index (χ1n) is 5.96. The van der Waals surface area contributed by atoms with Crippen molar-refractivity contribution in [1.82, 2.24) is 4.90 Å². The molecule has 0 bridgehead atoms. The van der Waals surface area contributed by atoms with Crippen LogP contribution in [-0.2, 0) is 13.1 Å². The Balaban J connectivity index is 1.99. The maximum atomic E-state index is 9.03. The van der Waals surface area contributed by atoms with Crippen LogP contribution in [-0.4, -0.2) is 29.2 Å². The van der Waals surface area contributed by atoms with Crippen LogP contribution in [0.2, 0.25) is 0 Å². The molecule has 1 saturated carbocycles. The Morgan fingerprint density at radius 1 is 1.31 bits per heavy atom. The number of hydrogen-bond donors (Lipinski definition) is 2. The molecular weight excluding hydrogens is 200 g/mol. The number of benzene rings is 1. The lowest BCUT2D eigenvalue weighted by atomic mass is 10.1. The van der Waals surface area contributed by atoms with Crippen LogP contribution in [0.5, 0.6) is 0 Å². The van der Waals surface area contributed by atoms with E-state index in [9.17, 15) is 0 Å². The SMILES string of the molecule is NCc1cccc(CN(CCO)C2CC2)c1. The molecule has 0 atom stereocenters. The van der Waals surface area contributed by atoms with Crippen LogP contribution in [0.3, 0.4) is 0 Å². The van der Waals surface area contributed by atoms with Crippen molar-refractivity contribution in [2.24, 2.45) is 5.73 Å². The Kier molecular flexibility index (Phi) is 3.93. The Morgan fingerprint density at radius 2 is 2.06 bits per heavy atom. The minimum atomic E-state index is 0.243. The molecule has 2 rings (SSSR count). The van der Waals surface area contributed by atoms with Crippen LogP contribution < -0.4 is 5.73 Å². The fraction of sp³-hybridized carbons (Fsp3) is 0.538. The lowest BCUT2D eigenvalue weighted by molar-refractivity contribution is 0.183. The molecule has 0 radical (unpaired) electrons. The Bertz CT molecular complexity index is 336. The Labute approximate surface area is 96.9 Å². The van der Waals surface area contributed by atoms with E-state index in [1.807, 2.05) is 0 Å². The van der Waals surface area contributed by atoms with Crippen molar-refractivity contribution >= 4 is 0 Å². The molecule has 0 unspecified atom stereocenters. The maximum Gasteiger partial charge on any atom is 0.0558 e. The second-order valence-electron chi connectivity index (χ2n) is 4.45. The lowest BCUT2D eigenvalue weighted by Gasteiger charge is -2.21. The van der Waals surface area contributed by atoms with E-state index in [2.05, 4.69) is 29.2 Å². The Hall–Kier alpha value is -0.900. The molecule has 1 aromatic rings. The lowest BCUT2D eigenvalue weighted by Crippen LogP contribution is -2.28. The maximum absolute atomic E-state index is 9.03. The zero-order valence-corrected chi connectivity index (χ0v) is 9.60. The molecular formula is C13H20N2O. The van der Waals surface area contributed by atoms with E-state index in [1.54, 1.807) is 0 Å². The largest absolute Gasteiger partial charge is 0.395 e. The summed E-state index contributed by atoms with van der Waals surface area (Å²) in [6, 6.07) is 9.09. The molecule has 3 nitrogen and oxygen atoms in total. The van der Waals surface area contributed by atoms with E-state index in [1.165, 1.54) is 24.0 Å². The van der Waals surface area contributed by atoms with Gasteiger partial charge in [-0.25, -0.2) is 0 Å². The van der Waals surface area contributed by atoms with Gasteiger partial charge in [0.05, 0.1) is 6.61 Å². The third kappa shape index (κ3) is 3.04. The highest BCUT2D eigenvalue weighted by molar-refractivity contribution is 5.23. The molecule has 0 heterocycles. The van der Waals surface area contributed by atoms with E-state index in [0.717, 1.165) is 13.1 Å². The van der Waals surface area contributed by atoms with Crippen molar-refractivity contribution in [3.8, 4) is 0 Å². The fourth-order valence-corrected chi connectivity index (χ4v) is 2.05. The van der Waals surface area contributed by atoms with Gasteiger partial charge in [-0.2, -0.15) is 0 Å². The summed E-state index contributed by atoms with van der Waals surface area (Å²) in [5.74, 6) is 0. The van der Waals surface area contributed by atoms with E-state index >= 15 is 0 Å². The molecule has 1 aliphatic carbocycles. The van der Waals surface area contributed by atoms with Crippen LogP contribution in [0.1, 0.15) is 24.0 Å². The van der Waals surface area contributed by atoms with E-state index in [-0.39, 0.29) is 6.61 Å². The van der Waals surface area contributed by atoms with Crippen molar-refractivity contribution in [2.75, 3.05) is 13.2 Å². The van der Waals surface area contributed by atoms with Gasteiger partial charge in [-0.1, -0.05) is 24.3 Å².